The Hall–Kier alpha value is -0.820. The molecule has 2 atom stereocenters. The van der Waals surface area contributed by atoms with Crippen LogP contribution in [0.5, 0.6) is 0 Å². The summed E-state index contributed by atoms with van der Waals surface area (Å²) in [6, 6.07) is 10.3. The van der Waals surface area contributed by atoms with E-state index in [9.17, 15) is 0 Å². The SMILES string of the molecule is CCc1ccc(C(CC)NC2CCCC2(C)C)cc1. The second kappa shape index (κ2) is 6.09. The molecule has 0 radical (unpaired) electrons. The molecule has 0 aliphatic heterocycles. The van der Waals surface area contributed by atoms with Crippen LogP contribution in [0.3, 0.4) is 0 Å². The molecule has 1 aliphatic rings. The van der Waals surface area contributed by atoms with Crippen molar-refractivity contribution in [2.75, 3.05) is 0 Å². The minimum absolute atomic E-state index is 0.455. The Morgan fingerprint density at radius 3 is 2.37 bits per heavy atom. The summed E-state index contributed by atoms with van der Waals surface area (Å²) in [5, 5.41) is 3.91. The van der Waals surface area contributed by atoms with Gasteiger partial charge in [0.25, 0.3) is 0 Å². The zero-order chi connectivity index (χ0) is 13.9. The van der Waals surface area contributed by atoms with Gasteiger partial charge in [-0.2, -0.15) is 0 Å². The standard InChI is InChI=1S/C18H29N/c1-5-14-9-11-15(12-10-14)16(6-2)19-17-8-7-13-18(17,3)4/h9-12,16-17,19H,5-8,13H2,1-4H3. The average molecular weight is 259 g/mol. The highest BCUT2D eigenvalue weighted by atomic mass is 15.0. The Labute approximate surface area is 118 Å². The number of hydrogen-bond acceptors (Lipinski definition) is 1. The molecule has 1 saturated carbocycles. The fourth-order valence-corrected chi connectivity index (χ4v) is 3.31. The number of aryl methyl sites for hydroxylation is 1. The van der Waals surface area contributed by atoms with E-state index in [2.05, 4.69) is 57.3 Å². The number of rotatable bonds is 5. The molecule has 1 N–H and O–H groups in total. The largest absolute Gasteiger partial charge is 0.307 e. The predicted molar refractivity (Wildman–Crippen MR) is 83.4 cm³/mol. The molecule has 0 amide bonds. The number of hydrogen-bond donors (Lipinski definition) is 1. The first-order chi connectivity index (χ1) is 9.06. The quantitative estimate of drug-likeness (QED) is 0.795. The van der Waals surface area contributed by atoms with Crippen LogP contribution in [0.15, 0.2) is 24.3 Å². The first-order valence-corrected chi connectivity index (χ1v) is 7.91. The van der Waals surface area contributed by atoms with Crippen LogP contribution in [0.4, 0.5) is 0 Å². The van der Waals surface area contributed by atoms with Crippen molar-refractivity contribution in [1.29, 1.82) is 0 Å². The zero-order valence-corrected chi connectivity index (χ0v) is 13.0. The molecule has 19 heavy (non-hydrogen) atoms. The second-order valence-electron chi connectivity index (χ2n) is 6.66. The van der Waals surface area contributed by atoms with Gasteiger partial charge in [-0.05, 0) is 42.2 Å². The molecule has 0 spiro atoms. The smallest absolute Gasteiger partial charge is 0.0320 e. The summed E-state index contributed by atoms with van der Waals surface area (Å²) >= 11 is 0. The van der Waals surface area contributed by atoms with E-state index in [-0.39, 0.29) is 0 Å². The maximum atomic E-state index is 3.91. The van der Waals surface area contributed by atoms with Crippen LogP contribution in [0.25, 0.3) is 0 Å². The van der Waals surface area contributed by atoms with E-state index in [4.69, 9.17) is 0 Å². The number of nitrogens with one attached hydrogen (secondary N) is 1. The molecule has 1 aromatic carbocycles. The van der Waals surface area contributed by atoms with E-state index in [1.165, 1.54) is 30.4 Å². The molecular formula is C18H29N. The highest BCUT2D eigenvalue weighted by Gasteiger charge is 2.35. The lowest BCUT2D eigenvalue weighted by Gasteiger charge is -2.32. The molecule has 0 bridgehead atoms. The first-order valence-electron chi connectivity index (χ1n) is 7.91. The third-order valence-electron chi connectivity index (χ3n) is 4.86. The summed E-state index contributed by atoms with van der Waals surface area (Å²) in [4.78, 5) is 0. The molecule has 1 fully saturated rings. The Morgan fingerprint density at radius 1 is 1.21 bits per heavy atom. The van der Waals surface area contributed by atoms with Gasteiger partial charge in [0.15, 0.2) is 0 Å². The van der Waals surface area contributed by atoms with Gasteiger partial charge < -0.3 is 5.32 Å². The maximum Gasteiger partial charge on any atom is 0.0320 e. The van der Waals surface area contributed by atoms with E-state index in [1.807, 2.05) is 0 Å². The van der Waals surface area contributed by atoms with E-state index >= 15 is 0 Å². The fraction of sp³-hybridized carbons (Fsp3) is 0.667. The van der Waals surface area contributed by atoms with Gasteiger partial charge in [0.05, 0.1) is 0 Å². The Bertz CT molecular complexity index is 391. The van der Waals surface area contributed by atoms with Gasteiger partial charge in [-0.3, -0.25) is 0 Å². The van der Waals surface area contributed by atoms with Gasteiger partial charge in [-0.15, -0.1) is 0 Å². The minimum atomic E-state index is 0.455. The summed E-state index contributed by atoms with van der Waals surface area (Å²) in [7, 11) is 0. The van der Waals surface area contributed by atoms with Crippen molar-refractivity contribution in [3.05, 3.63) is 35.4 Å². The Balaban J connectivity index is 2.07. The lowest BCUT2D eigenvalue weighted by atomic mass is 9.86. The van der Waals surface area contributed by atoms with Gasteiger partial charge >= 0.3 is 0 Å². The van der Waals surface area contributed by atoms with E-state index < -0.39 is 0 Å². The lowest BCUT2D eigenvalue weighted by Crippen LogP contribution is -2.39. The molecule has 2 unspecified atom stereocenters. The topological polar surface area (TPSA) is 12.0 Å². The van der Waals surface area contributed by atoms with E-state index in [0.717, 1.165) is 12.8 Å². The monoisotopic (exact) mass is 259 g/mol. The highest BCUT2D eigenvalue weighted by Crippen LogP contribution is 2.38. The van der Waals surface area contributed by atoms with Crippen LogP contribution < -0.4 is 5.32 Å². The van der Waals surface area contributed by atoms with Crippen molar-refractivity contribution in [3.8, 4) is 0 Å². The summed E-state index contributed by atoms with van der Waals surface area (Å²) < 4.78 is 0. The molecule has 1 nitrogen and oxygen atoms in total. The third kappa shape index (κ3) is 3.39. The normalized spacial score (nSPS) is 23.5. The van der Waals surface area contributed by atoms with Crippen LogP contribution in [0, 0.1) is 5.41 Å². The summed E-state index contributed by atoms with van der Waals surface area (Å²) in [5.41, 5.74) is 3.33. The molecule has 1 aromatic rings. The zero-order valence-electron chi connectivity index (χ0n) is 13.0. The van der Waals surface area contributed by atoms with Crippen LogP contribution in [-0.2, 0) is 6.42 Å². The van der Waals surface area contributed by atoms with E-state index in [0.29, 0.717) is 17.5 Å². The van der Waals surface area contributed by atoms with Crippen LogP contribution in [0.2, 0.25) is 0 Å². The maximum absolute atomic E-state index is 3.91. The van der Waals surface area contributed by atoms with Crippen molar-refractivity contribution in [2.24, 2.45) is 5.41 Å². The molecule has 0 heterocycles. The van der Waals surface area contributed by atoms with Gasteiger partial charge in [0, 0.05) is 12.1 Å². The van der Waals surface area contributed by atoms with Gasteiger partial charge in [0.1, 0.15) is 0 Å². The van der Waals surface area contributed by atoms with Crippen molar-refractivity contribution >= 4 is 0 Å². The number of benzene rings is 1. The Kier molecular flexibility index (Phi) is 4.67. The molecule has 2 rings (SSSR count). The van der Waals surface area contributed by atoms with Crippen LogP contribution in [-0.4, -0.2) is 6.04 Å². The summed E-state index contributed by atoms with van der Waals surface area (Å²) in [5.74, 6) is 0. The molecular weight excluding hydrogens is 230 g/mol. The second-order valence-corrected chi connectivity index (χ2v) is 6.66. The molecule has 1 aliphatic carbocycles. The molecule has 106 valence electrons. The molecule has 0 saturated heterocycles. The van der Waals surface area contributed by atoms with Crippen molar-refractivity contribution < 1.29 is 0 Å². The first kappa shape index (κ1) is 14.6. The van der Waals surface area contributed by atoms with Gasteiger partial charge in [-0.1, -0.05) is 58.4 Å². The molecule has 0 aromatic heterocycles. The summed E-state index contributed by atoms with van der Waals surface area (Å²) in [6.07, 6.45) is 6.35. The van der Waals surface area contributed by atoms with Crippen molar-refractivity contribution in [1.82, 2.24) is 5.32 Å². The van der Waals surface area contributed by atoms with Gasteiger partial charge in [-0.25, -0.2) is 0 Å². The fourth-order valence-electron chi connectivity index (χ4n) is 3.31. The molecule has 1 heteroatoms. The van der Waals surface area contributed by atoms with Crippen LogP contribution in [0.1, 0.15) is 70.5 Å². The predicted octanol–water partition coefficient (Wildman–Crippen LogP) is 4.87. The third-order valence-corrected chi connectivity index (χ3v) is 4.86. The summed E-state index contributed by atoms with van der Waals surface area (Å²) in [6.45, 7) is 9.31. The van der Waals surface area contributed by atoms with Gasteiger partial charge in [0.2, 0.25) is 0 Å². The van der Waals surface area contributed by atoms with E-state index in [1.54, 1.807) is 0 Å². The average Bonchev–Trinajstić information content (AvgIpc) is 2.75. The minimum Gasteiger partial charge on any atom is -0.307 e. The van der Waals surface area contributed by atoms with Crippen molar-refractivity contribution in [2.45, 2.75) is 71.9 Å². The Morgan fingerprint density at radius 2 is 1.89 bits per heavy atom. The highest BCUT2D eigenvalue weighted by molar-refractivity contribution is 5.25. The van der Waals surface area contributed by atoms with Crippen molar-refractivity contribution in [3.63, 3.8) is 0 Å². The lowest BCUT2D eigenvalue weighted by molar-refractivity contribution is 0.259. The van der Waals surface area contributed by atoms with Crippen LogP contribution >= 0.6 is 0 Å².